The fourth-order valence-corrected chi connectivity index (χ4v) is 2.54. The monoisotopic (exact) mass is 262 g/mol. The molecule has 0 unspecified atom stereocenters. The fourth-order valence-electron chi connectivity index (χ4n) is 2.54. The van der Waals surface area contributed by atoms with Crippen LogP contribution in [0.1, 0.15) is 38.2 Å². The van der Waals surface area contributed by atoms with Crippen LogP contribution in [-0.2, 0) is 9.53 Å². The lowest BCUT2D eigenvalue weighted by Gasteiger charge is -2.28. The molecular weight excluding hydrogens is 240 g/mol. The van der Waals surface area contributed by atoms with Crippen LogP contribution in [0.25, 0.3) is 0 Å². The van der Waals surface area contributed by atoms with E-state index in [2.05, 4.69) is 13.0 Å². The molecule has 0 radical (unpaired) electrons. The van der Waals surface area contributed by atoms with Gasteiger partial charge < -0.3 is 9.47 Å². The summed E-state index contributed by atoms with van der Waals surface area (Å²) in [7, 11) is 0. The molecular formula is C16H22O3. The Morgan fingerprint density at radius 2 is 1.89 bits per heavy atom. The molecule has 1 aliphatic rings. The van der Waals surface area contributed by atoms with Crippen LogP contribution >= 0.6 is 0 Å². The summed E-state index contributed by atoms with van der Waals surface area (Å²) in [4.78, 5) is 11.7. The first-order chi connectivity index (χ1) is 9.20. The van der Waals surface area contributed by atoms with Crippen molar-refractivity contribution in [3.8, 4) is 5.75 Å². The van der Waals surface area contributed by atoms with Crippen molar-refractivity contribution in [2.24, 2.45) is 5.92 Å². The molecule has 104 valence electrons. The van der Waals surface area contributed by atoms with Gasteiger partial charge >= 0.3 is 5.97 Å². The standard InChI is InChI=1S/C16H22O3/c1-3-18-16(17)13-8-10-14(11-9-13)19-15-7-5-4-6-12(15)2/h4-7,13-14H,3,8-11H2,1-2H3. The van der Waals surface area contributed by atoms with Crippen LogP contribution < -0.4 is 4.74 Å². The van der Waals surface area contributed by atoms with Gasteiger partial charge in [0.05, 0.1) is 18.6 Å². The SMILES string of the molecule is CCOC(=O)C1CCC(Oc2ccccc2C)CC1. The molecule has 19 heavy (non-hydrogen) atoms. The zero-order valence-corrected chi connectivity index (χ0v) is 11.7. The van der Waals surface area contributed by atoms with E-state index in [-0.39, 0.29) is 18.0 Å². The van der Waals surface area contributed by atoms with Crippen LogP contribution in [-0.4, -0.2) is 18.7 Å². The van der Waals surface area contributed by atoms with Crippen LogP contribution in [0, 0.1) is 12.8 Å². The molecule has 0 aliphatic heterocycles. The zero-order valence-electron chi connectivity index (χ0n) is 11.7. The summed E-state index contributed by atoms with van der Waals surface area (Å²) in [6, 6.07) is 8.07. The molecule has 1 saturated carbocycles. The highest BCUT2D eigenvalue weighted by atomic mass is 16.5. The number of carbonyl (C=O) groups excluding carboxylic acids is 1. The first-order valence-electron chi connectivity index (χ1n) is 7.09. The third-order valence-electron chi connectivity index (χ3n) is 3.68. The molecule has 0 amide bonds. The van der Waals surface area contributed by atoms with Crippen LogP contribution in [0.2, 0.25) is 0 Å². The normalized spacial score (nSPS) is 22.8. The Hall–Kier alpha value is -1.51. The summed E-state index contributed by atoms with van der Waals surface area (Å²) in [5.74, 6) is 0.982. The highest BCUT2D eigenvalue weighted by Crippen LogP contribution is 2.29. The lowest BCUT2D eigenvalue weighted by Crippen LogP contribution is -2.29. The molecule has 0 spiro atoms. The van der Waals surface area contributed by atoms with E-state index in [4.69, 9.17) is 9.47 Å². The summed E-state index contributed by atoms with van der Waals surface area (Å²) < 4.78 is 11.1. The number of esters is 1. The molecule has 3 nitrogen and oxygen atoms in total. The summed E-state index contributed by atoms with van der Waals surface area (Å²) in [6.07, 6.45) is 3.83. The second-order valence-electron chi connectivity index (χ2n) is 5.11. The molecule has 1 fully saturated rings. The second-order valence-corrected chi connectivity index (χ2v) is 5.11. The molecule has 1 aromatic rings. The summed E-state index contributed by atoms with van der Waals surface area (Å²) >= 11 is 0. The van der Waals surface area contributed by atoms with Gasteiger partial charge in [-0.3, -0.25) is 4.79 Å². The van der Waals surface area contributed by atoms with E-state index >= 15 is 0 Å². The third-order valence-corrected chi connectivity index (χ3v) is 3.68. The predicted octanol–water partition coefficient (Wildman–Crippen LogP) is 3.50. The van der Waals surface area contributed by atoms with E-state index in [1.54, 1.807) is 0 Å². The number of para-hydroxylation sites is 1. The topological polar surface area (TPSA) is 35.5 Å². The third kappa shape index (κ3) is 3.72. The molecule has 0 bridgehead atoms. The molecule has 3 heteroatoms. The second kappa shape index (κ2) is 6.60. The lowest BCUT2D eigenvalue weighted by atomic mass is 9.87. The van der Waals surface area contributed by atoms with E-state index in [0.29, 0.717) is 6.61 Å². The lowest BCUT2D eigenvalue weighted by molar-refractivity contribution is -0.149. The van der Waals surface area contributed by atoms with Gasteiger partial charge in [0.25, 0.3) is 0 Å². The molecule has 2 rings (SSSR count). The van der Waals surface area contributed by atoms with Gasteiger partial charge in [-0.05, 0) is 51.2 Å². The number of hydrogen-bond acceptors (Lipinski definition) is 3. The number of rotatable bonds is 4. The first kappa shape index (κ1) is 13.9. The van der Waals surface area contributed by atoms with Crippen LogP contribution in [0.15, 0.2) is 24.3 Å². The number of carbonyl (C=O) groups is 1. The molecule has 1 aliphatic carbocycles. The number of ether oxygens (including phenoxy) is 2. The van der Waals surface area contributed by atoms with Gasteiger partial charge in [0.1, 0.15) is 5.75 Å². The molecule has 1 aromatic carbocycles. The van der Waals surface area contributed by atoms with Crippen LogP contribution in [0.3, 0.4) is 0 Å². The van der Waals surface area contributed by atoms with E-state index < -0.39 is 0 Å². The molecule has 0 aromatic heterocycles. The van der Waals surface area contributed by atoms with E-state index in [0.717, 1.165) is 37.0 Å². The van der Waals surface area contributed by atoms with E-state index in [1.807, 2.05) is 25.1 Å². The Morgan fingerprint density at radius 1 is 1.21 bits per heavy atom. The number of benzene rings is 1. The maximum absolute atomic E-state index is 11.7. The van der Waals surface area contributed by atoms with Crippen molar-refractivity contribution in [1.82, 2.24) is 0 Å². The average Bonchev–Trinajstić information content (AvgIpc) is 2.42. The summed E-state index contributed by atoms with van der Waals surface area (Å²) in [5.41, 5.74) is 1.16. The van der Waals surface area contributed by atoms with Crippen LogP contribution in [0.5, 0.6) is 5.75 Å². The minimum absolute atomic E-state index is 0.0446. The zero-order chi connectivity index (χ0) is 13.7. The van der Waals surface area contributed by atoms with Crippen molar-refractivity contribution < 1.29 is 14.3 Å². The molecule has 0 atom stereocenters. The Kier molecular flexibility index (Phi) is 4.83. The predicted molar refractivity (Wildman–Crippen MR) is 74.2 cm³/mol. The number of aryl methyl sites for hydroxylation is 1. The van der Waals surface area contributed by atoms with Gasteiger partial charge in [-0.2, -0.15) is 0 Å². The van der Waals surface area contributed by atoms with Crippen molar-refractivity contribution in [3.63, 3.8) is 0 Å². The molecule has 0 N–H and O–H groups in total. The van der Waals surface area contributed by atoms with Gasteiger partial charge in [-0.25, -0.2) is 0 Å². The van der Waals surface area contributed by atoms with Crippen molar-refractivity contribution in [3.05, 3.63) is 29.8 Å². The smallest absolute Gasteiger partial charge is 0.308 e. The minimum atomic E-state index is -0.0446. The Balaban J connectivity index is 1.84. The van der Waals surface area contributed by atoms with Crippen molar-refractivity contribution >= 4 is 5.97 Å². The quantitative estimate of drug-likeness (QED) is 0.779. The van der Waals surface area contributed by atoms with Crippen molar-refractivity contribution in [2.75, 3.05) is 6.61 Å². The van der Waals surface area contributed by atoms with Gasteiger partial charge in [0, 0.05) is 0 Å². The fraction of sp³-hybridized carbons (Fsp3) is 0.562. The van der Waals surface area contributed by atoms with E-state index in [9.17, 15) is 4.79 Å². The highest BCUT2D eigenvalue weighted by molar-refractivity contribution is 5.72. The molecule has 0 heterocycles. The van der Waals surface area contributed by atoms with Crippen molar-refractivity contribution in [2.45, 2.75) is 45.6 Å². The van der Waals surface area contributed by atoms with Gasteiger partial charge in [-0.1, -0.05) is 18.2 Å². The van der Waals surface area contributed by atoms with Crippen molar-refractivity contribution in [1.29, 1.82) is 0 Å². The Bertz CT molecular complexity index is 420. The van der Waals surface area contributed by atoms with Gasteiger partial charge in [0.2, 0.25) is 0 Å². The Labute approximate surface area is 114 Å². The first-order valence-corrected chi connectivity index (χ1v) is 7.09. The summed E-state index contributed by atoms with van der Waals surface area (Å²) in [6.45, 7) is 4.38. The molecule has 0 saturated heterocycles. The maximum Gasteiger partial charge on any atom is 0.308 e. The minimum Gasteiger partial charge on any atom is -0.490 e. The maximum atomic E-state index is 11.7. The number of hydrogen-bond donors (Lipinski definition) is 0. The summed E-state index contributed by atoms with van der Waals surface area (Å²) in [5, 5.41) is 0. The Morgan fingerprint density at radius 3 is 2.53 bits per heavy atom. The van der Waals surface area contributed by atoms with Gasteiger partial charge in [0.15, 0.2) is 0 Å². The average molecular weight is 262 g/mol. The van der Waals surface area contributed by atoms with Gasteiger partial charge in [-0.15, -0.1) is 0 Å². The highest BCUT2D eigenvalue weighted by Gasteiger charge is 2.28. The van der Waals surface area contributed by atoms with E-state index in [1.165, 1.54) is 0 Å². The largest absolute Gasteiger partial charge is 0.490 e. The van der Waals surface area contributed by atoms with Crippen LogP contribution in [0.4, 0.5) is 0 Å².